The summed E-state index contributed by atoms with van der Waals surface area (Å²) in [6.45, 7) is 3.34. The van der Waals surface area contributed by atoms with Gasteiger partial charge in [-0.1, -0.05) is 12.8 Å². The molecule has 1 aliphatic rings. The molecule has 0 unspecified atom stereocenters. The SMILES string of the molecule is O=C(O)CCN(O)C(=O)CCCCCN1CCCCC1. The molecule has 1 rings (SSSR count). The van der Waals surface area contributed by atoms with Gasteiger partial charge in [0.25, 0.3) is 0 Å². The lowest BCUT2D eigenvalue weighted by molar-refractivity contribution is -0.167. The second kappa shape index (κ2) is 9.72. The third-order valence-corrected chi connectivity index (χ3v) is 3.64. The number of carbonyl (C=O) groups is 2. The quantitative estimate of drug-likeness (QED) is 0.383. The number of amides is 1. The maximum absolute atomic E-state index is 11.5. The molecule has 116 valence electrons. The lowest BCUT2D eigenvalue weighted by Crippen LogP contribution is -2.30. The molecule has 0 bridgehead atoms. The van der Waals surface area contributed by atoms with Crippen molar-refractivity contribution in [1.82, 2.24) is 9.96 Å². The van der Waals surface area contributed by atoms with Crippen LogP contribution in [0.25, 0.3) is 0 Å². The van der Waals surface area contributed by atoms with Crippen LogP contribution in [0.15, 0.2) is 0 Å². The standard InChI is InChI=1S/C14H26N2O4/c17-13(16(20)12-8-14(18)19)7-3-1-4-9-15-10-5-2-6-11-15/h20H,1-12H2,(H,18,19). The maximum atomic E-state index is 11.5. The van der Waals surface area contributed by atoms with Crippen molar-refractivity contribution in [3.8, 4) is 0 Å². The number of hydroxylamine groups is 2. The molecule has 1 saturated heterocycles. The van der Waals surface area contributed by atoms with Gasteiger partial charge in [-0.2, -0.15) is 0 Å². The predicted octanol–water partition coefficient (Wildman–Crippen LogP) is 1.73. The van der Waals surface area contributed by atoms with E-state index in [1.165, 1.54) is 32.4 Å². The first kappa shape index (κ1) is 16.9. The molecule has 0 aliphatic carbocycles. The molecule has 0 aromatic carbocycles. The largest absolute Gasteiger partial charge is 0.481 e. The molecule has 0 aromatic heterocycles. The molecular formula is C14H26N2O4. The van der Waals surface area contributed by atoms with Crippen LogP contribution in [0.4, 0.5) is 0 Å². The molecule has 0 radical (unpaired) electrons. The van der Waals surface area contributed by atoms with Gasteiger partial charge in [-0.3, -0.25) is 14.8 Å². The van der Waals surface area contributed by atoms with E-state index in [2.05, 4.69) is 4.90 Å². The van der Waals surface area contributed by atoms with Crippen LogP contribution in [0.5, 0.6) is 0 Å². The van der Waals surface area contributed by atoms with E-state index in [9.17, 15) is 14.8 Å². The van der Waals surface area contributed by atoms with Crippen molar-refractivity contribution >= 4 is 11.9 Å². The zero-order chi connectivity index (χ0) is 14.8. The van der Waals surface area contributed by atoms with E-state index in [0.717, 1.165) is 25.8 Å². The molecular weight excluding hydrogens is 260 g/mol. The van der Waals surface area contributed by atoms with Gasteiger partial charge in [-0.15, -0.1) is 0 Å². The molecule has 0 saturated carbocycles. The van der Waals surface area contributed by atoms with Gasteiger partial charge in [0.2, 0.25) is 5.91 Å². The molecule has 0 spiro atoms. The molecule has 20 heavy (non-hydrogen) atoms. The van der Waals surface area contributed by atoms with Gasteiger partial charge in [0.1, 0.15) is 0 Å². The highest BCUT2D eigenvalue weighted by molar-refractivity contribution is 5.75. The summed E-state index contributed by atoms with van der Waals surface area (Å²) in [5, 5.41) is 18.3. The summed E-state index contributed by atoms with van der Waals surface area (Å²) in [5.74, 6) is -1.40. The Morgan fingerprint density at radius 3 is 2.35 bits per heavy atom. The Kier molecular flexibility index (Phi) is 8.22. The van der Waals surface area contributed by atoms with E-state index in [4.69, 9.17) is 5.11 Å². The summed E-state index contributed by atoms with van der Waals surface area (Å²) in [6, 6.07) is 0. The first-order valence-corrected chi connectivity index (χ1v) is 7.53. The Balaban J connectivity index is 1.99. The molecule has 1 heterocycles. The summed E-state index contributed by atoms with van der Waals surface area (Å²) in [7, 11) is 0. The molecule has 1 fully saturated rings. The van der Waals surface area contributed by atoms with Crippen molar-refractivity contribution in [2.75, 3.05) is 26.2 Å². The first-order valence-electron chi connectivity index (χ1n) is 7.53. The van der Waals surface area contributed by atoms with Crippen molar-refractivity contribution < 1.29 is 19.9 Å². The molecule has 0 aromatic rings. The number of carboxylic acids is 1. The van der Waals surface area contributed by atoms with Gasteiger partial charge in [0.05, 0.1) is 13.0 Å². The number of piperidine rings is 1. The minimum Gasteiger partial charge on any atom is -0.481 e. The number of unbranched alkanes of at least 4 members (excludes halogenated alkanes) is 2. The van der Waals surface area contributed by atoms with Crippen molar-refractivity contribution in [2.24, 2.45) is 0 Å². The van der Waals surface area contributed by atoms with Crippen LogP contribution in [0, 0.1) is 0 Å². The second-order valence-electron chi connectivity index (χ2n) is 5.37. The monoisotopic (exact) mass is 286 g/mol. The molecule has 6 heteroatoms. The number of likely N-dealkylation sites (tertiary alicyclic amines) is 1. The summed E-state index contributed by atoms with van der Waals surface area (Å²) >= 11 is 0. The van der Waals surface area contributed by atoms with Crippen molar-refractivity contribution in [3.05, 3.63) is 0 Å². The van der Waals surface area contributed by atoms with Crippen LogP contribution in [0.2, 0.25) is 0 Å². The third kappa shape index (κ3) is 7.45. The van der Waals surface area contributed by atoms with Gasteiger partial charge < -0.3 is 10.0 Å². The summed E-state index contributed by atoms with van der Waals surface area (Å²) < 4.78 is 0. The van der Waals surface area contributed by atoms with E-state index in [1.54, 1.807) is 0 Å². The Labute approximate surface area is 120 Å². The Bertz CT molecular complexity index is 304. The van der Waals surface area contributed by atoms with E-state index < -0.39 is 5.97 Å². The lowest BCUT2D eigenvalue weighted by Gasteiger charge is -2.26. The van der Waals surface area contributed by atoms with E-state index >= 15 is 0 Å². The molecule has 1 aliphatic heterocycles. The van der Waals surface area contributed by atoms with Crippen molar-refractivity contribution in [3.63, 3.8) is 0 Å². The number of nitrogens with zero attached hydrogens (tertiary/aromatic N) is 2. The predicted molar refractivity (Wildman–Crippen MR) is 74.5 cm³/mol. The summed E-state index contributed by atoms with van der Waals surface area (Å²) in [4.78, 5) is 24.3. The van der Waals surface area contributed by atoms with Gasteiger partial charge in [-0.05, 0) is 45.3 Å². The van der Waals surface area contributed by atoms with Crippen LogP contribution in [-0.2, 0) is 9.59 Å². The topological polar surface area (TPSA) is 81.1 Å². The minimum atomic E-state index is -1.02. The van der Waals surface area contributed by atoms with Crippen LogP contribution in [-0.4, -0.2) is 58.3 Å². The lowest BCUT2D eigenvalue weighted by atomic mass is 10.1. The minimum absolute atomic E-state index is 0.137. The van der Waals surface area contributed by atoms with Crippen LogP contribution in [0.1, 0.15) is 51.4 Å². The van der Waals surface area contributed by atoms with Crippen LogP contribution >= 0.6 is 0 Å². The fourth-order valence-corrected chi connectivity index (χ4v) is 2.43. The summed E-state index contributed by atoms with van der Waals surface area (Å²) in [6.07, 6.45) is 6.78. The highest BCUT2D eigenvalue weighted by atomic mass is 16.5. The normalized spacial score (nSPS) is 16.1. The highest BCUT2D eigenvalue weighted by Gasteiger charge is 2.12. The van der Waals surface area contributed by atoms with Crippen molar-refractivity contribution in [2.45, 2.75) is 51.4 Å². The zero-order valence-corrected chi connectivity index (χ0v) is 12.1. The third-order valence-electron chi connectivity index (χ3n) is 3.64. The Morgan fingerprint density at radius 1 is 1.00 bits per heavy atom. The van der Waals surface area contributed by atoms with E-state index in [-0.39, 0.29) is 25.3 Å². The second-order valence-corrected chi connectivity index (χ2v) is 5.37. The van der Waals surface area contributed by atoms with E-state index in [0.29, 0.717) is 5.06 Å². The van der Waals surface area contributed by atoms with E-state index in [1.807, 2.05) is 0 Å². The first-order chi connectivity index (χ1) is 9.59. The molecule has 1 amide bonds. The number of aliphatic carboxylic acids is 1. The number of hydrogen-bond acceptors (Lipinski definition) is 4. The molecule has 0 atom stereocenters. The number of carboxylic acid groups (broad SMARTS) is 1. The number of hydrogen-bond donors (Lipinski definition) is 2. The highest BCUT2D eigenvalue weighted by Crippen LogP contribution is 2.10. The fourth-order valence-electron chi connectivity index (χ4n) is 2.43. The van der Waals surface area contributed by atoms with Crippen molar-refractivity contribution in [1.29, 1.82) is 0 Å². The fraction of sp³-hybridized carbons (Fsp3) is 0.857. The van der Waals surface area contributed by atoms with Gasteiger partial charge >= 0.3 is 5.97 Å². The Morgan fingerprint density at radius 2 is 1.70 bits per heavy atom. The van der Waals surface area contributed by atoms with Gasteiger partial charge in [0.15, 0.2) is 0 Å². The molecule has 2 N–H and O–H groups in total. The summed E-state index contributed by atoms with van der Waals surface area (Å²) in [5.41, 5.74) is 0. The average molecular weight is 286 g/mol. The maximum Gasteiger partial charge on any atom is 0.305 e. The van der Waals surface area contributed by atoms with Gasteiger partial charge in [0, 0.05) is 6.42 Å². The van der Waals surface area contributed by atoms with Crippen LogP contribution in [0.3, 0.4) is 0 Å². The smallest absolute Gasteiger partial charge is 0.305 e. The number of rotatable bonds is 9. The zero-order valence-electron chi connectivity index (χ0n) is 12.1. The number of carbonyl (C=O) groups excluding carboxylic acids is 1. The van der Waals surface area contributed by atoms with Crippen LogP contribution < -0.4 is 0 Å². The average Bonchev–Trinajstić information content (AvgIpc) is 2.45. The van der Waals surface area contributed by atoms with Gasteiger partial charge in [-0.25, -0.2) is 5.06 Å². The Hall–Kier alpha value is -1.14. The molecule has 6 nitrogen and oxygen atoms in total.